The number of para-hydroxylation sites is 2. The van der Waals surface area contributed by atoms with Crippen LogP contribution in [0.1, 0.15) is 12.2 Å². The highest BCUT2D eigenvalue weighted by Crippen LogP contribution is 2.11. The Hall–Kier alpha value is -1.48. The molecular formula is C14H20N4O3S. The fraction of sp³-hybridized carbons (Fsp3) is 0.500. The van der Waals surface area contributed by atoms with E-state index >= 15 is 0 Å². The van der Waals surface area contributed by atoms with Crippen LogP contribution in [0.15, 0.2) is 24.3 Å². The normalized spacial score (nSPS) is 17.1. The summed E-state index contributed by atoms with van der Waals surface area (Å²) in [5, 5.41) is 0. The van der Waals surface area contributed by atoms with Gasteiger partial charge in [-0.1, -0.05) is 12.1 Å². The number of imidazole rings is 1. The minimum Gasteiger partial charge on any atom is -0.379 e. The van der Waals surface area contributed by atoms with Crippen molar-refractivity contribution in [1.29, 1.82) is 0 Å². The molecule has 22 heavy (non-hydrogen) atoms. The summed E-state index contributed by atoms with van der Waals surface area (Å²) in [6.07, 6.45) is 1.41. The van der Waals surface area contributed by atoms with Gasteiger partial charge in [0.15, 0.2) is 0 Å². The second-order valence-corrected chi connectivity index (χ2v) is 6.97. The van der Waals surface area contributed by atoms with Crippen LogP contribution in [0.2, 0.25) is 0 Å². The van der Waals surface area contributed by atoms with E-state index in [0.29, 0.717) is 45.7 Å². The molecule has 0 atom stereocenters. The van der Waals surface area contributed by atoms with Crippen molar-refractivity contribution in [2.45, 2.75) is 12.8 Å². The number of rotatable bonds is 6. The van der Waals surface area contributed by atoms with E-state index in [1.165, 1.54) is 4.31 Å². The highest BCUT2D eigenvalue weighted by molar-refractivity contribution is 7.87. The molecule has 2 N–H and O–H groups in total. The fourth-order valence-electron chi connectivity index (χ4n) is 2.46. The predicted octanol–water partition coefficient (Wildman–Crippen LogP) is 0.662. The van der Waals surface area contributed by atoms with Crippen molar-refractivity contribution in [2.75, 3.05) is 32.8 Å². The minimum atomic E-state index is -3.39. The molecule has 0 spiro atoms. The van der Waals surface area contributed by atoms with Crippen LogP contribution in [-0.2, 0) is 21.4 Å². The van der Waals surface area contributed by atoms with Crippen molar-refractivity contribution < 1.29 is 13.2 Å². The number of aryl methyl sites for hydroxylation is 1. The number of hydrogen-bond acceptors (Lipinski definition) is 4. The zero-order valence-corrected chi connectivity index (χ0v) is 13.1. The predicted molar refractivity (Wildman–Crippen MR) is 83.7 cm³/mol. The average Bonchev–Trinajstić information content (AvgIpc) is 2.95. The molecule has 120 valence electrons. The molecular weight excluding hydrogens is 304 g/mol. The van der Waals surface area contributed by atoms with Gasteiger partial charge in [-0.2, -0.15) is 12.7 Å². The number of aromatic amines is 1. The summed E-state index contributed by atoms with van der Waals surface area (Å²) >= 11 is 0. The van der Waals surface area contributed by atoms with E-state index in [4.69, 9.17) is 4.74 Å². The average molecular weight is 324 g/mol. The number of morpholine rings is 1. The molecule has 8 heteroatoms. The van der Waals surface area contributed by atoms with E-state index in [1.807, 2.05) is 24.3 Å². The fourth-order valence-corrected chi connectivity index (χ4v) is 3.67. The molecule has 0 aliphatic carbocycles. The van der Waals surface area contributed by atoms with Gasteiger partial charge in [0, 0.05) is 26.1 Å². The van der Waals surface area contributed by atoms with Crippen LogP contribution in [0.3, 0.4) is 0 Å². The van der Waals surface area contributed by atoms with E-state index in [0.717, 1.165) is 16.9 Å². The van der Waals surface area contributed by atoms with Crippen LogP contribution >= 0.6 is 0 Å². The summed E-state index contributed by atoms with van der Waals surface area (Å²) in [6.45, 7) is 2.15. The number of fused-ring (bicyclic) bond motifs is 1. The lowest BCUT2D eigenvalue weighted by molar-refractivity contribution is 0.0725. The van der Waals surface area contributed by atoms with Gasteiger partial charge in [-0.15, -0.1) is 0 Å². The first-order chi connectivity index (χ1) is 10.6. The first kappa shape index (κ1) is 15.4. The number of nitrogens with zero attached hydrogens (tertiary/aromatic N) is 2. The highest BCUT2D eigenvalue weighted by Gasteiger charge is 2.23. The van der Waals surface area contributed by atoms with E-state index in [1.54, 1.807) is 0 Å². The Balaban J connectivity index is 1.48. The van der Waals surface area contributed by atoms with Crippen LogP contribution in [0.5, 0.6) is 0 Å². The largest absolute Gasteiger partial charge is 0.379 e. The number of ether oxygens (including phenoxy) is 1. The molecule has 0 amide bonds. The number of H-pyrrole nitrogens is 1. The summed E-state index contributed by atoms with van der Waals surface area (Å²) in [7, 11) is -3.39. The summed E-state index contributed by atoms with van der Waals surface area (Å²) in [6, 6.07) is 7.84. The molecule has 1 aliphatic rings. The van der Waals surface area contributed by atoms with Crippen LogP contribution in [0.4, 0.5) is 0 Å². The Morgan fingerprint density at radius 1 is 1.27 bits per heavy atom. The second kappa shape index (κ2) is 6.74. The molecule has 2 aromatic rings. The monoisotopic (exact) mass is 324 g/mol. The molecule has 1 fully saturated rings. The summed E-state index contributed by atoms with van der Waals surface area (Å²) in [5.74, 6) is 0.881. The minimum absolute atomic E-state index is 0.400. The Morgan fingerprint density at radius 3 is 2.82 bits per heavy atom. The van der Waals surface area contributed by atoms with Gasteiger partial charge in [0.25, 0.3) is 10.2 Å². The quantitative estimate of drug-likeness (QED) is 0.764. The van der Waals surface area contributed by atoms with Gasteiger partial charge in [-0.05, 0) is 18.6 Å². The molecule has 1 aliphatic heterocycles. The molecule has 0 radical (unpaired) electrons. The van der Waals surface area contributed by atoms with Crippen molar-refractivity contribution in [3.8, 4) is 0 Å². The van der Waals surface area contributed by atoms with Gasteiger partial charge in [-0.3, -0.25) is 0 Å². The van der Waals surface area contributed by atoms with Gasteiger partial charge < -0.3 is 9.72 Å². The van der Waals surface area contributed by atoms with E-state index in [-0.39, 0.29) is 0 Å². The molecule has 0 unspecified atom stereocenters. The van der Waals surface area contributed by atoms with Crippen molar-refractivity contribution in [3.63, 3.8) is 0 Å². The first-order valence-corrected chi connectivity index (χ1v) is 8.85. The molecule has 1 aromatic heterocycles. The lowest BCUT2D eigenvalue weighted by Crippen LogP contribution is -2.46. The molecule has 1 aromatic carbocycles. The Labute approximate surface area is 129 Å². The van der Waals surface area contributed by atoms with Gasteiger partial charge in [-0.25, -0.2) is 9.71 Å². The maximum atomic E-state index is 12.1. The topological polar surface area (TPSA) is 87.3 Å². The van der Waals surface area contributed by atoms with Crippen LogP contribution in [-0.4, -0.2) is 55.5 Å². The zero-order valence-electron chi connectivity index (χ0n) is 12.3. The third-order valence-corrected chi connectivity index (χ3v) is 5.24. The third-order valence-electron chi connectivity index (χ3n) is 3.62. The zero-order chi connectivity index (χ0) is 15.4. The maximum Gasteiger partial charge on any atom is 0.279 e. The molecule has 0 bridgehead atoms. The highest BCUT2D eigenvalue weighted by atomic mass is 32.2. The van der Waals surface area contributed by atoms with Crippen LogP contribution < -0.4 is 4.72 Å². The van der Waals surface area contributed by atoms with E-state index in [2.05, 4.69) is 14.7 Å². The van der Waals surface area contributed by atoms with Crippen molar-refractivity contribution in [1.82, 2.24) is 19.0 Å². The van der Waals surface area contributed by atoms with Gasteiger partial charge in [0.2, 0.25) is 0 Å². The number of nitrogens with one attached hydrogen (secondary N) is 2. The maximum absolute atomic E-state index is 12.1. The molecule has 2 heterocycles. The number of benzene rings is 1. The lowest BCUT2D eigenvalue weighted by atomic mass is 10.3. The van der Waals surface area contributed by atoms with Crippen molar-refractivity contribution >= 4 is 21.2 Å². The van der Waals surface area contributed by atoms with Crippen molar-refractivity contribution in [2.24, 2.45) is 0 Å². The standard InChI is InChI=1S/C14H20N4O3S/c19-22(20,18-8-10-21-11-9-18)15-7-3-6-14-16-12-4-1-2-5-13(12)17-14/h1-2,4-5,15H,3,6-11H2,(H,16,17). The Bertz CT molecular complexity index is 690. The van der Waals surface area contributed by atoms with E-state index < -0.39 is 10.2 Å². The number of aromatic nitrogens is 2. The van der Waals surface area contributed by atoms with Gasteiger partial charge in [0.1, 0.15) is 5.82 Å². The van der Waals surface area contributed by atoms with Crippen molar-refractivity contribution in [3.05, 3.63) is 30.1 Å². The molecule has 1 saturated heterocycles. The second-order valence-electron chi connectivity index (χ2n) is 5.21. The SMILES string of the molecule is O=S(=O)(NCCCc1nc2ccccc2[nH]1)N1CCOCC1. The molecule has 0 saturated carbocycles. The summed E-state index contributed by atoms with van der Waals surface area (Å²) < 4.78 is 33.4. The Morgan fingerprint density at radius 2 is 2.05 bits per heavy atom. The van der Waals surface area contributed by atoms with E-state index in [9.17, 15) is 8.42 Å². The molecule has 3 rings (SSSR count). The third kappa shape index (κ3) is 3.64. The smallest absolute Gasteiger partial charge is 0.279 e. The van der Waals surface area contributed by atoms with Gasteiger partial charge in [0.05, 0.1) is 24.2 Å². The lowest BCUT2D eigenvalue weighted by Gasteiger charge is -2.26. The van der Waals surface area contributed by atoms with Crippen LogP contribution in [0, 0.1) is 0 Å². The van der Waals surface area contributed by atoms with Gasteiger partial charge >= 0.3 is 0 Å². The number of hydrogen-bond donors (Lipinski definition) is 2. The summed E-state index contributed by atoms with van der Waals surface area (Å²) in [5.41, 5.74) is 1.94. The molecule has 7 nitrogen and oxygen atoms in total. The Kier molecular flexibility index (Phi) is 4.72. The van der Waals surface area contributed by atoms with Crippen LogP contribution in [0.25, 0.3) is 11.0 Å². The summed E-state index contributed by atoms with van der Waals surface area (Å²) in [4.78, 5) is 7.72. The first-order valence-electron chi connectivity index (χ1n) is 7.41.